The number of hydrogen-bond donors (Lipinski definition) is 2. The van der Waals surface area contributed by atoms with Crippen LogP contribution < -0.4 is 4.72 Å². The first-order chi connectivity index (χ1) is 12.8. The summed E-state index contributed by atoms with van der Waals surface area (Å²) in [7, 11) is -3.90. The SMILES string of the molecule is O=S(=O)(NCCc1cccc(-c2nn[nH]n2)c1)c1ccc(C(F)(F)F)cc1. The maximum Gasteiger partial charge on any atom is 0.416 e. The van der Waals surface area contributed by atoms with E-state index in [9.17, 15) is 21.6 Å². The van der Waals surface area contributed by atoms with E-state index >= 15 is 0 Å². The van der Waals surface area contributed by atoms with Gasteiger partial charge in [-0.05, 0) is 47.5 Å². The normalized spacial score (nSPS) is 12.3. The minimum atomic E-state index is -4.51. The fourth-order valence-corrected chi connectivity index (χ4v) is 3.42. The Hall–Kier alpha value is -2.79. The molecule has 0 fully saturated rings. The largest absolute Gasteiger partial charge is 0.416 e. The van der Waals surface area contributed by atoms with E-state index in [-0.39, 0.29) is 11.4 Å². The van der Waals surface area contributed by atoms with Crippen LogP contribution in [0.5, 0.6) is 0 Å². The molecule has 0 unspecified atom stereocenters. The number of halogens is 3. The van der Waals surface area contributed by atoms with Crippen molar-refractivity contribution < 1.29 is 21.6 Å². The molecule has 0 spiro atoms. The number of nitrogens with zero attached hydrogens (tertiary/aromatic N) is 3. The van der Waals surface area contributed by atoms with Crippen molar-refractivity contribution in [3.8, 4) is 11.4 Å². The summed E-state index contributed by atoms with van der Waals surface area (Å²) >= 11 is 0. The maximum absolute atomic E-state index is 12.6. The van der Waals surface area contributed by atoms with Gasteiger partial charge in [-0.1, -0.05) is 18.2 Å². The second-order valence-electron chi connectivity index (χ2n) is 5.61. The van der Waals surface area contributed by atoms with Crippen LogP contribution in [0, 0.1) is 0 Å². The lowest BCUT2D eigenvalue weighted by Gasteiger charge is -2.09. The third kappa shape index (κ3) is 4.68. The number of benzene rings is 2. The average Bonchev–Trinajstić information content (AvgIpc) is 3.16. The number of sulfonamides is 1. The third-order valence-electron chi connectivity index (χ3n) is 3.73. The van der Waals surface area contributed by atoms with Crippen LogP contribution in [0.15, 0.2) is 53.4 Å². The molecule has 1 heterocycles. The summed E-state index contributed by atoms with van der Waals surface area (Å²) in [5.74, 6) is 0.419. The zero-order chi connectivity index (χ0) is 19.5. The van der Waals surface area contributed by atoms with E-state index in [4.69, 9.17) is 0 Å². The van der Waals surface area contributed by atoms with Gasteiger partial charge in [-0.2, -0.15) is 18.4 Å². The first-order valence-electron chi connectivity index (χ1n) is 7.75. The predicted octanol–water partition coefficient (Wildman–Crippen LogP) is 2.41. The lowest BCUT2D eigenvalue weighted by atomic mass is 10.1. The number of H-pyrrole nitrogens is 1. The average molecular weight is 397 g/mol. The first kappa shape index (κ1) is 19.0. The highest BCUT2D eigenvalue weighted by Crippen LogP contribution is 2.29. The van der Waals surface area contributed by atoms with Crippen LogP contribution in [0.2, 0.25) is 0 Å². The van der Waals surface area contributed by atoms with E-state index in [1.807, 2.05) is 6.07 Å². The van der Waals surface area contributed by atoms with Crippen LogP contribution in [0.25, 0.3) is 11.4 Å². The summed E-state index contributed by atoms with van der Waals surface area (Å²) in [6, 6.07) is 10.5. The number of alkyl halides is 3. The Kier molecular flexibility index (Phi) is 5.24. The van der Waals surface area contributed by atoms with Crippen molar-refractivity contribution in [3.63, 3.8) is 0 Å². The quantitative estimate of drug-likeness (QED) is 0.665. The van der Waals surface area contributed by atoms with Crippen LogP contribution in [-0.2, 0) is 22.6 Å². The summed E-state index contributed by atoms with van der Waals surface area (Å²) < 4.78 is 64.5. The molecule has 1 aromatic heterocycles. The van der Waals surface area contributed by atoms with Crippen LogP contribution in [-0.4, -0.2) is 35.6 Å². The summed E-state index contributed by atoms with van der Waals surface area (Å²) in [6.07, 6.45) is -4.13. The summed E-state index contributed by atoms with van der Waals surface area (Å²) in [6.45, 7) is 0.0824. The molecule has 0 bridgehead atoms. The Balaban J connectivity index is 1.64. The van der Waals surface area contributed by atoms with E-state index in [0.717, 1.165) is 35.4 Å². The van der Waals surface area contributed by atoms with Gasteiger partial charge >= 0.3 is 6.18 Å². The highest BCUT2D eigenvalue weighted by Gasteiger charge is 2.30. The van der Waals surface area contributed by atoms with E-state index in [1.165, 1.54) is 0 Å². The Labute approximate surface area is 152 Å². The van der Waals surface area contributed by atoms with E-state index in [1.54, 1.807) is 18.2 Å². The standard InChI is InChI=1S/C16H14F3N5O2S/c17-16(18,19)13-4-6-14(7-5-13)27(25,26)20-9-8-11-2-1-3-12(10-11)15-21-23-24-22-15/h1-7,10,20H,8-9H2,(H,21,22,23,24). The van der Waals surface area contributed by atoms with E-state index in [0.29, 0.717) is 12.2 Å². The molecule has 3 aromatic rings. The van der Waals surface area contributed by atoms with Gasteiger partial charge in [0.25, 0.3) is 0 Å². The second kappa shape index (κ2) is 7.45. The number of hydrogen-bond acceptors (Lipinski definition) is 5. The molecule has 27 heavy (non-hydrogen) atoms. The monoisotopic (exact) mass is 397 g/mol. The summed E-state index contributed by atoms with van der Waals surface area (Å²) in [5, 5.41) is 13.6. The molecule has 0 saturated heterocycles. The Morgan fingerprint density at radius 1 is 1.07 bits per heavy atom. The van der Waals surface area contributed by atoms with Crippen molar-refractivity contribution in [3.05, 3.63) is 59.7 Å². The minimum Gasteiger partial charge on any atom is -0.211 e. The van der Waals surface area contributed by atoms with E-state index in [2.05, 4.69) is 25.3 Å². The lowest BCUT2D eigenvalue weighted by Crippen LogP contribution is -2.26. The fraction of sp³-hybridized carbons (Fsp3) is 0.188. The predicted molar refractivity (Wildman–Crippen MR) is 90.0 cm³/mol. The van der Waals surface area contributed by atoms with Crippen LogP contribution in [0.4, 0.5) is 13.2 Å². The zero-order valence-corrected chi connectivity index (χ0v) is 14.5. The molecule has 11 heteroatoms. The van der Waals surface area contributed by atoms with Crippen LogP contribution in [0.1, 0.15) is 11.1 Å². The van der Waals surface area contributed by atoms with Crippen molar-refractivity contribution in [1.29, 1.82) is 0 Å². The minimum absolute atomic E-state index is 0.0824. The molecule has 0 aliphatic heterocycles. The molecule has 2 N–H and O–H groups in total. The smallest absolute Gasteiger partial charge is 0.211 e. The van der Waals surface area contributed by atoms with Crippen molar-refractivity contribution in [2.75, 3.05) is 6.54 Å². The molecular formula is C16H14F3N5O2S. The number of tetrazole rings is 1. The first-order valence-corrected chi connectivity index (χ1v) is 9.24. The Morgan fingerprint density at radius 3 is 2.44 bits per heavy atom. The Morgan fingerprint density at radius 2 is 1.81 bits per heavy atom. The molecule has 0 aliphatic rings. The molecule has 142 valence electrons. The number of nitrogens with one attached hydrogen (secondary N) is 2. The third-order valence-corrected chi connectivity index (χ3v) is 5.21. The van der Waals surface area contributed by atoms with Gasteiger partial charge in [0.1, 0.15) is 0 Å². The fourth-order valence-electron chi connectivity index (χ4n) is 2.39. The van der Waals surface area contributed by atoms with Gasteiger partial charge in [0.15, 0.2) is 0 Å². The van der Waals surface area contributed by atoms with Crippen LogP contribution in [0.3, 0.4) is 0 Å². The molecule has 0 saturated carbocycles. The van der Waals surface area contributed by atoms with Gasteiger partial charge in [-0.25, -0.2) is 13.1 Å². The van der Waals surface area contributed by atoms with Crippen molar-refractivity contribution in [2.45, 2.75) is 17.5 Å². The molecule has 0 amide bonds. The number of rotatable bonds is 6. The maximum atomic E-state index is 12.6. The van der Waals surface area contributed by atoms with Crippen LogP contribution >= 0.6 is 0 Å². The topological polar surface area (TPSA) is 101 Å². The zero-order valence-electron chi connectivity index (χ0n) is 13.7. The van der Waals surface area contributed by atoms with Gasteiger partial charge in [-0.15, -0.1) is 10.2 Å². The second-order valence-corrected chi connectivity index (χ2v) is 7.37. The van der Waals surface area contributed by atoms with Gasteiger partial charge in [0.05, 0.1) is 10.5 Å². The van der Waals surface area contributed by atoms with E-state index < -0.39 is 21.8 Å². The number of aromatic nitrogens is 4. The number of aromatic amines is 1. The van der Waals surface area contributed by atoms with Crippen molar-refractivity contribution >= 4 is 10.0 Å². The molecule has 0 radical (unpaired) electrons. The highest BCUT2D eigenvalue weighted by atomic mass is 32.2. The van der Waals surface area contributed by atoms with Gasteiger partial charge in [0.2, 0.25) is 15.8 Å². The molecule has 0 atom stereocenters. The molecule has 0 aliphatic carbocycles. The van der Waals surface area contributed by atoms with Gasteiger partial charge in [-0.3, -0.25) is 0 Å². The lowest BCUT2D eigenvalue weighted by molar-refractivity contribution is -0.137. The molecule has 7 nitrogen and oxygen atoms in total. The van der Waals surface area contributed by atoms with Gasteiger partial charge in [0, 0.05) is 12.1 Å². The highest BCUT2D eigenvalue weighted by molar-refractivity contribution is 7.89. The summed E-state index contributed by atoms with van der Waals surface area (Å²) in [5.41, 5.74) is 0.666. The molecule has 3 rings (SSSR count). The van der Waals surface area contributed by atoms with Gasteiger partial charge < -0.3 is 0 Å². The molecule has 2 aromatic carbocycles. The molecular weight excluding hydrogens is 383 g/mol. The van der Waals surface area contributed by atoms with Crippen molar-refractivity contribution in [2.24, 2.45) is 0 Å². The summed E-state index contributed by atoms with van der Waals surface area (Å²) in [4.78, 5) is -0.226. The van der Waals surface area contributed by atoms with Crippen molar-refractivity contribution in [1.82, 2.24) is 25.3 Å². The Bertz CT molecular complexity index is 1000.